The Morgan fingerprint density at radius 2 is 1.72 bits per heavy atom. The number of carbonyl (C=O) groups is 1. The van der Waals surface area contributed by atoms with E-state index in [2.05, 4.69) is 0 Å². The molecule has 2 aromatic rings. The van der Waals surface area contributed by atoms with E-state index in [0.717, 1.165) is 15.7 Å². The van der Waals surface area contributed by atoms with Crippen molar-refractivity contribution in [2.75, 3.05) is 0 Å². The maximum atomic E-state index is 13.5. The highest BCUT2D eigenvalue weighted by atomic mass is 127. The van der Waals surface area contributed by atoms with Crippen molar-refractivity contribution in [1.82, 2.24) is 0 Å². The summed E-state index contributed by atoms with van der Waals surface area (Å²) in [6.07, 6.45) is 0. The van der Waals surface area contributed by atoms with Crippen molar-refractivity contribution in [3.05, 3.63) is 67.8 Å². The first-order valence-corrected chi connectivity index (χ1v) is 6.40. The molecule has 0 fully saturated rings. The van der Waals surface area contributed by atoms with E-state index in [-0.39, 0.29) is 5.56 Å². The molecular formula is C13H6ClF2IO. The predicted molar refractivity (Wildman–Crippen MR) is 74.0 cm³/mol. The zero-order valence-corrected chi connectivity index (χ0v) is 11.8. The topological polar surface area (TPSA) is 17.1 Å². The average molecular weight is 379 g/mol. The van der Waals surface area contributed by atoms with Crippen LogP contribution < -0.4 is 0 Å². The van der Waals surface area contributed by atoms with E-state index in [1.807, 2.05) is 22.6 Å². The summed E-state index contributed by atoms with van der Waals surface area (Å²) in [7, 11) is 0. The van der Waals surface area contributed by atoms with Crippen molar-refractivity contribution >= 4 is 40.0 Å². The number of hydrogen-bond acceptors (Lipinski definition) is 1. The Bertz CT molecular complexity index is 608. The second-order valence-electron chi connectivity index (χ2n) is 3.55. The second kappa shape index (κ2) is 5.32. The number of rotatable bonds is 2. The smallest absolute Gasteiger partial charge is 0.198 e. The van der Waals surface area contributed by atoms with E-state index >= 15 is 0 Å². The Hall–Kier alpha value is -1.01. The van der Waals surface area contributed by atoms with Crippen molar-refractivity contribution in [2.24, 2.45) is 0 Å². The zero-order chi connectivity index (χ0) is 13.3. The van der Waals surface area contributed by atoms with Crippen LogP contribution in [0.4, 0.5) is 8.78 Å². The number of carbonyl (C=O) groups excluding carboxylic acids is 1. The molecule has 0 N–H and O–H groups in total. The van der Waals surface area contributed by atoms with Gasteiger partial charge in [0.25, 0.3) is 0 Å². The fourth-order valence-electron chi connectivity index (χ4n) is 1.50. The molecule has 5 heteroatoms. The fourth-order valence-corrected chi connectivity index (χ4v) is 2.01. The molecule has 0 saturated carbocycles. The van der Waals surface area contributed by atoms with Crippen molar-refractivity contribution < 1.29 is 13.6 Å². The first kappa shape index (κ1) is 13.4. The third-order valence-electron chi connectivity index (χ3n) is 2.37. The molecule has 0 aliphatic carbocycles. The molecule has 2 aromatic carbocycles. The van der Waals surface area contributed by atoms with Crippen LogP contribution in [0.1, 0.15) is 15.9 Å². The summed E-state index contributed by atoms with van der Waals surface area (Å²) in [5, 5.41) is 0.373. The molecule has 92 valence electrons. The van der Waals surface area contributed by atoms with Gasteiger partial charge in [0.1, 0.15) is 11.6 Å². The van der Waals surface area contributed by atoms with Gasteiger partial charge in [0, 0.05) is 9.13 Å². The molecule has 0 unspecified atom stereocenters. The van der Waals surface area contributed by atoms with Gasteiger partial charge in [0.05, 0.1) is 10.6 Å². The minimum absolute atomic E-state index is 0.157. The van der Waals surface area contributed by atoms with E-state index in [0.29, 0.717) is 5.02 Å². The van der Waals surface area contributed by atoms with Gasteiger partial charge in [-0.1, -0.05) is 17.7 Å². The molecule has 18 heavy (non-hydrogen) atoms. The highest BCUT2D eigenvalue weighted by molar-refractivity contribution is 14.1. The Kier molecular flexibility index (Phi) is 3.97. The van der Waals surface area contributed by atoms with Crippen LogP contribution in [0.5, 0.6) is 0 Å². The summed E-state index contributed by atoms with van der Waals surface area (Å²) in [4.78, 5) is 12.0. The van der Waals surface area contributed by atoms with Crippen molar-refractivity contribution in [2.45, 2.75) is 0 Å². The SMILES string of the molecule is O=C(c1ccc(I)c(Cl)c1)c1c(F)cccc1F. The molecule has 0 atom stereocenters. The van der Waals surface area contributed by atoms with Crippen LogP contribution in [0.15, 0.2) is 36.4 Å². The Morgan fingerprint density at radius 1 is 1.11 bits per heavy atom. The lowest BCUT2D eigenvalue weighted by atomic mass is 10.0. The molecule has 0 heterocycles. The van der Waals surface area contributed by atoms with Gasteiger partial charge in [-0.25, -0.2) is 8.78 Å². The molecule has 0 amide bonds. The predicted octanol–water partition coefficient (Wildman–Crippen LogP) is 4.45. The van der Waals surface area contributed by atoms with Crippen LogP contribution in [0.25, 0.3) is 0 Å². The highest BCUT2D eigenvalue weighted by Crippen LogP contribution is 2.23. The quantitative estimate of drug-likeness (QED) is 0.557. The first-order valence-electron chi connectivity index (χ1n) is 4.94. The zero-order valence-electron chi connectivity index (χ0n) is 8.88. The number of halogens is 4. The van der Waals surface area contributed by atoms with Gasteiger partial charge in [-0.05, 0) is 52.9 Å². The minimum atomic E-state index is -0.880. The second-order valence-corrected chi connectivity index (χ2v) is 5.12. The highest BCUT2D eigenvalue weighted by Gasteiger charge is 2.19. The molecule has 2 rings (SSSR count). The number of hydrogen-bond donors (Lipinski definition) is 0. The maximum absolute atomic E-state index is 13.5. The number of ketones is 1. The molecule has 0 aromatic heterocycles. The molecular weight excluding hydrogens is 372 g/mol. The van der Waals surface area contributed by atoms with Crippen molar-refractivity contribution in [3.8, 4) is 0 Å². The van der Waals surface area contributed by atoms with Gasteiger partial charge in [-0.2, -0.15) is 0 Å². The third-order valence-corrected chi connectivity index (χ3v) is 3.94. The fraction of sp³-hybridized carbons (Fsp3) is 0. The summed E-state index contributed by atoms with van der Waals surface area (Å²) in [5.74, 6) is -2.48. The third kappa shape index (κ3) is 2.54. The molecule has 0 aliphatic heterocycles. The lowest BCUT2D eigenvalue weighted by Gasteiger charge is -2.05. The Labute approximate surface area is 121 Å². The van der Waals surface area contributed by atoms with Crippen LogP contribution >= 0.6 is 34.2 Å². The summed E-state index contributed by atoms with van der Waals surface area (Å²) in [5.41, 5.74) is -0.404. The summed E-state index contributed by atoms with van der Waals surface area (Å²) in [6, 6.07) is 7.81. The van der Waals surface area contributed by atoms with Crippen molar-refractivity contribution in [3.63, 3.8) is 0 Å². The average Bonchev–Trinajstić information content (AvgIpc) is 2.32. The first-order chi connectivity index (χ1) is 8.50. The molecule has 0 aliphatic rings. The van der Waals surface area contributed by atoms with Gasteiger partial charge in [-0.3, -0.25) is 4.79 Å². The summed E-state index contributed by atoms with van der Waals surface area (Å²) < 4.78 is 27.7. The minimum Gasteiger partial charge on any atom is -0.288 e. The lowest BCUT2D eigenvalue weighted by Crippen LogP contribution is -2.07. The number of benzene rings is 2. The van der Waals surface area contributed by atoms with E-state index in [1.54, 1.807) is 6.07 Å². The summed E-state index contributed by atoms with van der Waals surface area (Å²) in [6.45, 7) is 0. The Morgan fingerprint density at radius 3 is 2.28 bits per heavy atom. The van der Waals surface area contributed by atoms with Crippen LogP contribution in [0.3, 0.4) is 0 Å². The van der Waals surface area contributed by atoms with E-state index < -0.39 is 23.0 Å². The molecule has 0 radical (unpaired) electrons. The largest absolute Gasteiger partial charge is 0.288 e. The maximum Gasteiger partial charge on any atom is 0.198 e. The van der Waals surface area contributed by atoms with Gasteiger partial charge < -0.3 is 0 Å². The molecule has 0 spiro atoms. The van der Waals surface area contributed by atoms with Crippen molar-refractivity contribution in [1.29, 1.82) is 0 Å². The van der Waals surface area contributed by atoms with Gasteiger partial charge in [0.2, 0.25) is 0 Å². The molecule has 0 bridgehead atoms. The van der Waals surface area contributed by atoms with E-state index in [9.17, 15) is 13.6 Å². The van der Waals surface area contributed by atoms with Crippen LogP contribution in [-0.2, 0) is 0 Å². The standard InChI is InChI=1S/C13H6ClF2IO/c14-8-6-7(4-5-11(8)17)13(18)12-9(15)2-1-3-10(12)16/h1-6H. The molecule has 0 saturated heterocycles. The van der Waals surface area contributed by atoms with Crippen LogP contribution in [0.2, 0.25) is 5.02 Å². The monoisotopic (exact) mass is 378 g/mol. The lowest BCUT2D eigenvalue weighted by molar-refractivity contribution is 0.103. The normalized spacial score (nSPS) is 10.4. The van der Waals surface area contributed by atoms with Gasteiger partial charge in [-0.15, -0.1) is 0 Å². The van der Waals surface area contributed by atoms with Crippen LogP contribution in [0, 0.1) is 15.2 Å². The van der Waals surface area contributed by atoms with E-state index in [1.165, 1.54) is 18.2 Å². The molecule has 1 nitrogen and oxygen atoms in total. The van der Waals surface area contributed by atoms with E-state index in [4.69, 9.17) is 11.6 Å². The van der Waals surface area contributed by atoms with Gasteiger partial charge in [0.15, 0.2) is 5.78 Å². The van der Waals surface area contributed by atoms with Gasteiger partial charge >= 0.3 is 0 Å². The summed E-state index contributed by atoms with van der Waals surface area (Å²) >= 11 is 7.88. The van der Waals surface area contributed by atoms with Crippen LogP contribution in [-0.4, -0.2) is 5.78 Å². The Balaban J connectivity index is 2.51.